The van der Waals surface area contributed by atoms with Gasteiger partial charge in [0.25, 0.3) is 0 Å². The smallest absolute Gasteiger partial charge is 0.128 e. The number of rotatable bonds is 2. The van der Waals surface area contributed by atoms with E-state index in [9.17, 15) is 0 Å². The third-order valence-corrected chi connectivity index (χ3v) is 2.52. The van der Waals surface area contributed by atoms with Gasteiger partial charge in [-0.25, -0.2) is 0 Å². The number of allylic oxidation sites excluding steroid dienone is 2. The molecule has 14 heavy (non-hydrogen) atoms. The predicted octanol–water partition coefficient (Wildman–Crippen LogP) is 2.31. The highest BCUT2D eigenvalue weighted by atomic mass is 16.5. The van der Waals surface area contributed by atoms with Crippen molar-refractivity contribution < 1.29 is 4.74 Å². The second kappa shape index (κ2) is 5.42. The molecule has 1 aliphatic carbocycles. The summed E-state index contributed by atoms with van der Waals surface area (Å²) < 4.78 is 5.49. The largest absolute Gasteiger partial charge is 0.378 e. The summed E-state index contributed by atoms with van der Waals surface area (Å²) >= 11 is 0. The summed E-state index contributed by atoms with van der Waals surface area (Å²) in [5, 5.41) is 17.4. The summed E-state index contributed by atoms with van der Waals surface area (Å²) in [6.45, 7) is 2.73. The Kier molecular flexibility index (Phi) is 4.16. The lowest BCUT2D eigenvalue weighted by Crippen LogP contribution is -2.18. The second-order valence-corrected chi connectivity index (χ2v) is 3.36. The molecule has 0 unspecified atom stereocenters. The first kappa shape index (κ1) is 10.8. The minimum absolute atomic E-state index is 0.306. The summed E-state index contributed by atoms with van der Waals surface area (Å²) in [7, 11) is 0. The molecule has 1 aliphatic rings. The lowest BCUT2D eigenvalue weighted by atomic mass is 9.90. The quantitative estimate of drug-likeness (QED) is 0.628. The molecule has 0 aromatic heterocycles. The van der Waals surface area contributed by atoms with Crippen LogP contribution in [0.15, 0.2) is 11.1 Å². The molecule has 3 nitrogen and oxygen atoms in total. The van der Waals surface area contributed by atoms with Crippen LogP contribution in [0.3, 0.4) is 0 Å². The lowest BCUT2D eigenvalue weighted by Gasteiger charge is -2.23. The van der Waals surface area contributed by atoms with E-state index in [1.807, 2.05) is 19.1 Å². The Morgan fingerprint density at radius 2 is 1.93 bits per heavy atom. The van der Waals surface area contributed by atoms with Crippen molar-refractivity contribution in [2.75, 3.05) is 6.61 Å². The van der Waals surface area contributed by atoms with Gasteiger partial charge in [-0.05, 0) is 38.2 Å². The summed E-state index contributed by atoms with van der Waals surface area (Å²) in [6, 6.07) is 3.89. The first-order chi connectivity index (χ1) is 6.81. The molecule has 1 fully saturated rings. The Balaban J connectivity index is 2.56. The highest BCUT2D eigenvalue weighted by molar-refractivity contribution is 5.40. The van der Waals surface area contributed by atoms with Crippen LogP contribution < -0.4 is 0 Å². The molecule has 0 amide bonds. The molecule has 0 aliphatic heterocycles. The Morgan fingerprint density at radius 1 is 1.36 bits per heavy atom. The van der Waals surface area contributed by atoms with Gasteiger partial charge in [0.1, 0.15) is 17.7 Å². The van der Waals surface area contributed by atoms with Crippen molar-refractivity contribution in [3.8, 4) is 12.1 Å². The number of hydrogen-bond acceptors (Lipinski definition) is 3. The first-order valence-electron chi connectivity index (χ1n) is 4.95. The van der Waals surface area contributed by atoms with Gasteiger partial charge in [0, 0.05) is 6.61 Å². The summed E-state index contributed by atoms with van der Waals surface area (Å²) in [5.41, 5.74) is 1.31. The van der Waals surface area contributed by atoms with Crippen LogP contribution in [-0.4, -0.2) is 12.7 Å². The molecule has 0 spiro atoms. The molecule has 0 atom stereocenters. The maximum absolute atomic E-state index is 8.69. The summed E-state index contributed by atoms with van der Waals surface area (Å²) in [4.78, 5) is 0. The number of nitriles is 2. The summed E-state index contributed by atoms with van der Waals surface area (Å²) in [5.74, 6) is 0. The third-order valence-electron chi connectivity index (χ3n) is 2.52. The highest BCUT2D eigenvalue weighted by Crippen LogP contribution is 2.27. The molecule has 0 bridgehead atoms. The van der Waals surface area contributed by atoms with Crippen molar-refractivity contribution in [3.05, 3.63) is 11.1 Å². The zero-order valence-corrected chi connectivity index (χ0v) is 8.42. The van der Waals surface area contributed by atoms with E-state index in [2.05, 4.69) is 0 Å². The molecule has 0 aromatic rings. The molecular weight excluding hydrogens is 176 g/mol. The van der Waals surface area contributed by atoms with Gasteiger partial charge in [0.2, 0.25) is 0 Å². The molecule has 0 saturated heterocycles. The second-order valence-electron chi connectivity index (χ2n) is 3.36. The van der Waals surface area contributed by atoms with Gasteiger partial charge in [0.05, 0.1) is 6.10 Å². The average Bonchev–Trinajstić information content (AvgIpc) is 2.23. The Bertz CT molecular complexity index is 280. The Hall–Kier alpha value is -1.32. The van der Waals surface area contributed by atoms with Crippen LogP contribution in [-0.2, 0) is 4.74 Å². The van der Waals surface area contributed by atoms with E-state index in [4.69, 9.17) is 15.3 Å². The fourth-order valence-corrected chi connectivity index (χ4v) is 1.78. The third kappa shape index (κ3) is 2.58. The van der Waals surface area contributed by atoms with E-state index in [0.29, 0.717) is 11.7 Å². The van der Waals surface area contributed by atoms with E-state index < -0.39 is 0 Å². The van der Waals surface area contributed by atoms with Crippen LogP contribution in [0.25, 0.3) is 0 Å². The van der Waals surface area contributed by atoms with E-state index >= 15 is 0 Å². The predicted molar refractivity (Wildman–Crippen MR) is 52.1 cm³/mol. The zero-order chi connectivity index (χ0) is 10.4. The SMILES string of the molecule is CCOC1CCC(=C(C#N)C#N)CC1. The molecule has 0 heterocycles. The maximum atomic E-state index is 8.69. The number of nitrogens with zero attached hydrogens (tertiary/aromatic N) is 2. The molecular formula is C11H14N2O. The molecule has 0 aromatic carbocycles. The van der Waals surface area contributed by atoms with Crippen LogP contribution >= 0.6 is 0 Å². The number of hydrogen-bond donors (Lipinski definition) is 0. The fourth-order valence-electron chi connectivity index (χ4n) is 1.78. The van der Waals surface area contributed by atoms with Crippen LogP contribution in [0.5, 0.6) is 0 Å². The van der Waals surface area contributed by atoms with Gasteiger partial charge >= 0.3 is 0 Å². The summed E-state index contributed by atoms with van der Waals surface area (Å²) in [6.07, 6.45) is 3.87. The van der Waals surface area contributed by atoms with Crippen molar-refractivity contribution in [3.63, 3.8) is 0 Å². The standard InChI is InChI=1S/C11H14N2O/c1-2-14-11-5-3-9(4-6-11)10(7-12)8-13/h11H,2-6H2,1H3. The maximum Gasteiger partial charge on any atom is 0.128 e. The van der Waals surface area contributed by atoms with E-state index in [0.717, 1.165) is 37.9 Å². The van der Waals surface area contributed by atoms with Gasteiger partial charge in [-0.3, -0.25) is 0 Å². The molecule has 74 valence electrons. The first-order valence-corrected chi connectivity index (χ1v) is 4.95. The van der Waals surface area contributed by atoms with Gasteiger partial charge in [0.15, 0.2) is 0 Å². The van der Waals surface area contributed by atoms with Crippen molar-refractivity contribution >= 4 is 0 Å². The van der Waals surface area contributed by atoms with Crippen molar-refractivity contribution in [2.24, 2.45) is 0 Å². The van der Waals surface area contributed by atoms with E-state index in [1.54, 1.807) is 0 Å². The van der Waals surface area contributed by atoms with Gasteiger partial charge in [-0.1, -0.05) is 0 Å². The molecule has 1 rings (SSSR count). The average molecular weight is 190 g/mol. The monoisotopic (exact) mass is 190 g/mol. The zero-order valence-electron chi connectivity index (χ0n) is 8.42. The number of ether oxygens (including phenoxy) is 1. The normalized spacial score (nSPS) is 21.1. The van der Waals surface area contributed by atoms with Crippen LogP contribution in [0.1, 0.15) is 32.6 Å². The van der Waals surface area contributed by atoms with Crippen molar-refractivity contribution in [2.45, 2.75) is 38.7 Å². The van der Waals surface area contributed by atoms with Gasteiger partial charge in [-0.15, -0.1) is 0 Å². The highest BCUT2D eigenvalue weighted by Gasteiger charge is 2.18. The molecule has 0 N–H and O–H groups in total. The van der Waals surface area contributed by atoms with Crippen molar-refractivity contribution in [1.82, 2.24) is 0 Å². The van der Waals surface area contributed by atoms with Crippen molar-refractivity contribution in [1.29, 1.82) is 10.5 Å². The van der Waals surface area contributed by atoms with Gasteiger partial charge in [-0.2, -0.15) is 10.5 Å². The minimum atomic E-state index is 0.306. The van der Waals surface area contributed by atoms with E-state index in [1.165, 1.54) is 0 Å². The van der Waals surface area contributed by atoms with Gasteiger partial charge < -0.3 is 4.74 Å². The van der Waals surface area contributed by atoms with Crippen LogP contribution in [0, 0.1) is 22.7 Å². The lowest BCUT2D eigenvalue weighted by molar-refractivity contribution is 0.0442. The minimum Gasteiger partial charge on any atom is -0.378 e. The van der Waals surface area contributed by atoms with E-state index in [-0.39, 0.29) is 0 Å². The molecule has 1 saturated carbocycles. The topological polar surface area (TPSA) is 56.8 Å². The Morgan fingerprint density at radius 3 is 2.36 bits per heavy atom. The van der Waals surface area contributed by atoms with Crippen LogP contribution in [0.4, 0.5) is 0 Å². The Labute approximate surface area is 84.6 Å². The molecule has 0 radical (unpaired) electrons. The van der Waals surface area contributed by atoms with Crippen LogP contribution in [0.2, 0.25) is 0 Å². The molecule has 3 heteroatoms. The fraction of sp³-hybridized carbons (Fsp3) is 0.636.